The second-order valence-corrected chi connectivity index (χ2v) is 5.59. The number of rotatable bonds is 7. The average molecular weight is 256 g/mol. The predicted molar refractivity (Wildman–Crippen MR) is 73.6 cm³/mol. The molecule has 98 valence electrons. The smallest absolute Gasteiger partial charge is 0.0954 e. The molecule has 17 heavy (non-hydrogen) atoms. The van der Waals surface area contributed by atoms with Crippen LogP contribution in [0.25, 0.3) is 0 Å². The molecule has 0 spiro atoms. The van der Waals surface area contributed by atoms with Crippen molar-refractivity contribution in [3.63, 3.8) is 0 Å². The zero-order chi connectivity index (χ0) is 12.8. The Morgan fingerprint density at radius 1 is 1.41 bits per heavy atom. The highest BCUT2D eigenvalue weighted by Gasteiger charge is 2.14. The molecule has 0 saturated heterocycles. The maximum atomic E-state index is 5.21. The molecular formula is C13H24N2OS. The van der Waals surface area contributed by atoms with E-state index in [4.69, 9.17) is 4.74 Å². The largest absolute Gasteiger partial charge is 0.383 e. The third-order valence-electron chi connectivity index (χ3n) is 2.87. The van der Waals surface area contributed by atoms with Gasteiger partial charge in [-0.15, -0.1) is 11.3 Å². The average Bonchev–Trinajstić information content (AvgIpc) is 2.74. The molecule has 0 aliphatic heterocycles. The van der Waals surface area contributed by atoms with Gasteiger partial charge in [0.25, 0.3) is 0 Å². The molecule has 0 aromatic carbocycles. The highest BCUT2D eigenvalue weighted by Crippen LogP contribution is 2.20. The van der Waals surface area contributed by atoms with Gasteiger partial charge < -0.3 is 4.74 Å². The molecule has 1 heterocycles. The first-order valence-electron chi connectivity index (χ1n) is 6.25. The second kappa shape index (κ2) is 7.09. The number of ether oxygens (including phenoxy) is 1. The molecule has 0 N–H and O–H groups in total. The molecular weight excluding hydrogens is 232 g/mol. The quantitative estimate of drug-likeness (QED) is 0.749. The first-order chi connectivity index (χ1) is 8.08. The lowest BCUT2D eigenvalue weighted by molar-refractivity contribution is 0.0975. The summed E-state index contributed by atoms with van der Waals surface area (Å²) in [6.45, 7) is 11.5. The highest BCUT2D eigenvalue weighted by molar-refractivity contribution is 7.09. The molecule has 0 saturated carbocycles. The van der Waals surface area contributed by atoms with Crippen molar-refractivity contribution in [2.45, 2.75) is 46.2 Å². The van der Waals surface area contributed by atoms with Gasteiger partial charge in [0.05, 0.1) is 17.3 Å². The van der Waals surface area contributed by atoms with Gasteiger partial charge >= 0.3 is 0 Å². The van der Waals surface area contributed by atoms with Crippen LogP contribution in [0.5, 0.6) is 0 Å². The van der Waals surface area contributed by atoms with Crippen molar-refractivity contribution in [2.75, 3.05) is 20.3 Å². The normalized spacial score (nSPS) is 13.6. The van der Waals surface area contributed by atoms with E-state index < -0.39 is 0 Å². The standard InChI is InChI=1S/C13H24N2OS/c1-6-15(11(4)8-16-5)7-12-9-17-13(14-12)10(2)3/h9-11H,6-8H2,1-5H3/t11-/m1/s1. The van der Waals surface area contributed by atoms with E-state index in [-0.39, 0.29) is 0 Å². The zero-order valence-corrected chi connectivity index (χ0v) is 12.4. The summed E-state index contributed by atoms with van der Waals surface area (Å²) in [5, 5.41) is 3.41. The van der Waals surface area contributed by atoms with Crippen LogP contribution in [-0.2, 0) is 11.3 Å². The van der Waals surface area contributed by atoms with Gasteiger partial charge in [0.15, 0.2) is 0 Å². The van der Waals surface area contributed by atoms with E-state index in [0.29, 0.717) is 12.0 Å². The SMILES string of the molecule is CCN(Cc1csc(C(C)C)n1)[C@H](C)COC. The summed E-state index contributed by atoms with van der Waals surface area (Å²) in [4.78, 5) is 7.07. The van der Waals surface area contributed by atoms with Crippen LogP contribution in [-0.4, -0.2) is 36.2 Å². The monoisotopic (exact) mass is 256 g/mol. The molecule has 1 rings (SSSR count). The minimum absolute atomic E-state index is 0.439. The van der Waals surface area contributed by atoms with E-state index in [0.717, 1.165) is 19.7 Å². The molecule has 3 nitrogen and oxygen atoms in total. The summed E-state index contributed by atoms with van der Waals surface area (Å²) in [6.07, 6.45) is 0. The third kappa shape index (κ3) is 4.37. The zero-order valence-electron chi connectivity index (χ0n) is 11.6. The van der Waals surface area contributed by atoms with Crippen molar-refractivity contribution in [2.24, 2.45) is 0 Å². The molecule has 1 atom stereocenters. The Hall–Kier alpha value is -0.450. The number of aromatic nitrogens is 1. The molecule has 0 amide bonds. The van der Waals surface area contributed by atoms with E-state index in [9.17, 15) is 0 Å². The van der Waals surface area contributed by atoms with Crippen LogP contribution in [0, 0.1) is 0 Å². The number of methoxy groups -OCH3 is 1. The fourth-order valence-corrected chi connectivity index (χ4v) is 2.62. The van der Waals surface area contributed by atoms with Gasteiger partial charge in [0.2, 0.25) is 0 Å². The Bertz CT molecular complexity index is 325. The minimum atomic E-state index is 0.439. The van der Waals surface area contributed by atoms with Gasteiger partial charge in [-0.3, -0.25) is 4.90 Å². The van der Waals surface area contributed by atoms with E-state index in [1.165, 1.54) is 10.7 Å². The maximum Gasteiger partial charge on any atom is 0.0954 e. The van der Waals surface area contributed by atoms with Gasteiger partial charge in [-0.2, -0.15) is 0 Å². The van der Waals surface area contributed by atoms with E-state index in [1.807, 2.05) is 0 Å². The van der Waals surface area contributed by atoms with Crippen LogP contribution in [0.15, 0.2) is 5.38 Å². The third-order valence-corrected chi connectivity index (χ3v) is 4.06. The van der Waals surface area contributed by atoms with Crippen LogP contribution >= 0.6 is 11.3 Å². The van der Waals surface area contributed by atoms with Gasteiger partial charge in [-0.25, -0.2) is 4.98 Å². The number of thiazole rings is 1. The predicted octanol–water partition coefficient (Wildman–Crippen LogP) is 3.12. The molecule has 0 aliphatic rings. The Morgan fingerprint density at radius 2 is 2.12 bits per heavy atom. The Labute approximate surface area is 109 Å². The van der Waals surface area contributed by atoms with E-state index >= 15 is 0 Å². The van der Waals surface area contributed by atoms with Crippen LogP contribution in [0.4, 0.5) is 0 Å². The maximum absolute atomic E-state index is 5.21. The number of hydrogen-bond acceptors (Lipinski definition) is 4. The summed E-state index contributed by atoms with van der Waals surface area (Å²) in [6, 6.07) is 0.439. The van der Waals surface area contributed by atoms with Gasteiger partial charge in [-0.05, 0) is 13.5 Å². The molecule has 1 aromatic heterocycles. The lowest BCUT2D eigenvalue weighted by atomic mass is 10.2. The molecule has 4 heteroatoms. The van der Waals surface area contributed by atoms with Crippen LogP contribution in [0.1, 0.15) is 44.3 Å². The fourth-order valence-electron chi connectivity index (χ4n) is 1.79. The van der Waals surface area contributed by atoms with E-state index in [2.05, 4.69) is 43.0 Å². The highest BCUT2D eigenvalue weighted by atomic mass is 32.1. The second-order valence-electron chi connectivity index (χ2n) is 4.70. The molecule has 0 unspecified atom stereocenters. The summed E-state index contributed by atoms with van der Waals surface area (Å²) in [5.41, 5.74) is 1.18. The van der Waals surface area contributed by atoms with Gasteiger partial charge in [0.1, 0.15) is 0 Å². The number of nitrogens with zero attached hydrogens (tertiary/aromatic N) is 2. The van der Waals surface area contributed by atoms with Crippen LogP contribution in [0.2, 0.25) is 0 Å². The summed E-state index contributed by atoms with van der Waals surface area (Å²) in [5.74, 6) is 0.528. The first kappa shape index (κ1) is 14.6. The molecule has 0 fully saturated rings. The molecule has 0 aliphatic carbocycles. The van der Waals surface area contributed by atoms with E-state index in [1.54, 1.807) is 18.4 Å². The minimum Gasteiger partial charge on any atom is -0.383 e. The lowest BCUT2D eigenvalue weighted by Crippen LogP contribution is -2.35. The van der Waals surface area contributed by atoms with Crippen molar-refractivity contribution in [1.29, 1.82) is 0 Å². The Balaban J connectivity index is 2.60. The molecule has 0 radical (unpaired) electrons. The Kier molecular flexibility index (Phi) is 6.09. The molecule has 0 bridgehead atoms. The number of likely N-dealkylation sites (N-methyl/N-ethyl adjacent to an activating group) is 1. The van der Waals surface area contributed by atoms with Crippen molar-refractivity contribution < 1.29 is 4.74 Å². The van der Waals surface area contributed by atoms with Crippen molar-refractivity contribution in [3.05, 3.63) is 16.1 Å². The summed E-state index contributed by atoms with van der Waals surface area (Å²) in [7, 11) is 1.75. The summed E-state index contributed by atoms with van der Waals surface area (Å²) >= 11 is 1.77. The molecule has 1 aromatic rings. The first-order valence-corrected chi connectivity index (χ1v) is 7.13. The van der Waals surface area contributed by atoms with Gasteiger partial charge in [0, 0.05) is 31.0 Å². The fraction of sp³-hybridized carbons (Fsp3) is 0.769. The topological polar surface area (TPSA) is 25.4 Å². The van der Waals surface area contributed by atoms with Crippen molar-refractivity contribution in [3.8, 4) is 0 Å². The lowest BCUT2D eigenvalue weighted by Gasteiger charge is -2.26. The summed E-state index contributed by atoms with van der Waals surface area (Å²) < 4.78 is 5.21. The Morgan fingerprint density at radius 3 is 2.59 bits per heavy atom. The van der Waals surface area contributed by atoms with Crippen LogP contribution in [0.3, 0.4) is 0 Å². The van der Waals surface area contributed by atoms with Crippen molar-refractivity contribution >= 4 is 11.3 Å². The van der Waals surface area contributed by atoms with Crippen LogP contribution < -0.4 is 0 Å². The van der Waals surface area contributed by atoms with Gasteiger partial charge in [-0.1, -0.05) is 20.8 Å². The number of hydrogen-bond donors (Lipinski definition) is 0. The van der Waals surface area contributed by atoms with Crippen molar-refractivity contribution in [1.82, 2.24) is 9.88 Å².